The first-order valence-corrected chi connectivity index (χ1v) is 15.8. The van der Waals surface area contributed by atoms with Gasteiger partial charge in [0.25, 0.3) is 5.96 Å². The van der Waals surface area contributed by atoms with Crippen molar-refractivity contribution < 1.29 is 48.0 Å². The molecule has 19 nitrogen and oxygen atoms in total. The van der Waals surface area contributed by atoms with E-state index in [1.165, 1.54) is 0 Å². The third kappa shape index (κ3) is 17.6. The van der Waals surface area contributed by atoms with Crippen molar-refractivity contribution in [3.63, 3.8) is 0 Å². The molecule has 0 aliphatic carbocycles. The summed E-state index contributed by atoms with van der Waals surface area (Å²) in [5.41, 5.74) is 6.87. The van der Waals surface area contributed by atoms with Crippen molar-refractivity contribution in [1.29, 1.82) is 0 Å². The number of nitrogens with one attached hydrogen (secondary N) is 5. The van der Waals surface area contributed by atoms with E-state index in [2.05, 4.69) is 31.0 Å². The molecule has 0 aliphatic rings. The molecule has 1 aromatic rings. The molecule has 0 bridgehead atoms. The molecule has 4 atom stereocenters. The molecule has 1 rings (SSSR count). The molecule has 0 radical (unpaired) electrons. The standard InChI is InChI=1S/C31H48N8O11/c1-7-19(2)25(28(44)34-17-24(41)48-6)37-26(42)21(14-11-15-33-29(32)38-39(46)47)35-27(43)22(36-30(45)50-31(3,4)5)16-23(40)49-18-20-12-9-8-10-13-20/h8-10,12-13,19,21-22,25H,7,11,14-18H2,1-6H3,(H,34,44)(H,35,43)(H,36,45)(H,37,42)(H3,32,33,38)/t19-,21-,22-,25-/m0/s1. The Morgan fingerprint density at radius 3 is 2.18 bits per heavy atom. The maximum Gasteiger partial charge on any atom is 0.408 e. The summed E-state index contributed by atoms with van der Waals surface area (Å²) in [6.07, 6.45) is -1.27. The van der Waals surface area contributed by atoms with E-state index in [9.17, 15) is 38.9 Å². The molecule has 278 valence electrons. The van der Waals surface area contributed by atoms with E-state index in [1.54, 1.807) is 70.4 Å². The minimum Gasteiger partial charge on any atom is -0.468 e. The number of hydrogen-bond donors (Lipinski definition) is 6. The number of guanidine groups is 1. The fourth-order valence-corrected chi connectivity index (χ4v) is 4.08. The molecular formula is C31H48N8O11. The zero-order valence-corrected chi connectivity index (χ0v) is 29.1. The predicted molar refractivity (Wildman–Crippen MR) is 178 cm³/mol. The molecule has 4 amide bonds. The van der Waals surface area contributed by atoms with Gasteiger partial charge in [-0.2, -0.15) is 0 Å². The number of hydrogen-bond acceptors (Lipinski definition) is 12. The Balaban J connectivity index is 3.28. The molecule has 0 heterocycles. The van der Waals surface area contributed by atoms with Gasteiger partial charge in [-0.25, -0.2) is 19.9 Å². The van der Waals surface area contributed by atoms with Crippen LogP contribution in [0.25, 0.3) is 0 Å². The maximum atomic E-state index is 13.6. The fourth-order valence-electron chi connectivity index (χ4n) is 4.08. The number of carbonyl (C=O) groups excluding carboxylic acids is 6. The van der Waals surface area contributed by atoms with Crippen molar-refractivity contribution in [2.45, 2.75) is 90.6 Å². The first kappa shape index (κ1) is 42.5. The number of carbonyl (C=O) groups is 6. The van der Waals surface area contributed by atoms with Crippen molar-refractivity contribution in [3.8, 4) is 0 Å². The fraction of sp³-hybridized carbons (Fsp3) is 0.581. The number of nitro groups is 1. The van der Waals surface area contributed by atoms with Gasteiger partial charge in [0.05, 0.1) is 13.5 Å². The highest BCUT2D eigenvalue weighted by molar-refractivity contribution is 5.95. The van der Waals surface area contributed by atoms with E-state index in [4.69, 9.17) is 15.2 Å². The van der Waals surface area contributed by atoms with Gasteiger partial charge in [-0.15, -0.1) is 0 Å². The largest absolute Gasteiger partial charge is 0.468 e. The zero-order valence-electron chi connectivity index (χ0n) is 29.1. The number of ether oxygens (including phenoxy) is 3. The Kier molecular flexibility index (Phi) is 18.3. The van der Waals surface area contributed by atoms with Gasteiger partial charge in [0.2, 0.25) is 17.7 Å². The van der Waals surface area contributed by atoms with Crippen LogP contribution in [0.2, 0.25) is 0 Å². The van der Waals surface area contributed by atoms with Crippen molar-refractivity contribution in [2.24, 2.45) is 16.6 Å². The second-order valence-electron chi connectivity index (χ2n) is 12.1. The average Bonchev–Trinajstić information content (AvgIpc) is 3.04. The lowest BCUT2D eigenvalue weighted by Crippen LogP contribution is -2.58. The lowest BCUT2D eigenvalue weighted by atomic mass is 9.97. The number of nitrogens with two attached hydrogens (primary N) is 1. The van der Waals surface area contributed by atoms with E-state index in [0.717, 1.165) is 7.11 Å². The van der Waals surface area contributed by atoms with Crippen LogP contribution < -0.4 is 32.4 Å². The number of nitrogens with zero attached hydrogens (tertiary/aromatic N) is 2. The normalized spacial score (nSPS) is 13.7. The summed E-state index contributed by atoms with van der Waals surface area (Å²) in [4.78, 5) is 91.7. The average molecular weight is 709 g/mol. The summed E-state index contributed by atoms with van der Waals surface area (Å²) in [6.45, 7) is 7.61. The van der Waals surface area contributed by atoms with Crippen molar-refractivity contribution in [1.82, 2.24) is 26.7 Å². The third-order valence-electron chi connectivity index (χ3n) is 6.82. The van der Waals surface area contributed by atoms with Gasteiger partial charge in [0, 0.05) is 6.54 Å². The van der Waals surface area contributed by atoms with Gasteiger partial charge in [-0.05, 0) is 45.1 Å². The second kappa shape index (κ2) is 21.5. The number of benzene rings is 1. The van der Waals surface area contributed by atoms with E-state index < -0.39 is 89.4 Å². The molecule has 0 unspecified atom stereocenters. The van der Waals surface area contributed by atoms with Gasteiger partial charge < -0.3 is 41.2 Å². The number of amides is 4. The highest BCUT2D eigenvalue weighted by Crippen LogP contribution is 2.12. The number of aliphatic imine (C=N–C) groups is 1. The highest BCUT2D eigenvalue weighted by atomic mass is 16.7. The third-order valence-corrected chi connectivity index (χ3v) is 6.82. The van der Waals surface area contributed by atoms with Crippen LogP contribution in [0.15, 0.2) is 35.3 Å². The highest BCUT2D eigenvalue weighted by Gasteiger charge is 2.33. The SMILES string of the molecule is CC[C@H](C)[C@H](NC(=O)[C@H](CCCN=C(N)N[N+](=O)[O-])NC(=O)[C@H](CC(=O)OCc1ccccc1)NC(=O)OC(C)(C)C)C(=O)NCC(=O)OC. The molecule has 0 spiro atoms. The molecule has 0 saturated carbocycles. The summed E-state index contributed by atoms with van der Waals surface area (Å²) in [5, 5.41) is 19.5. The lowest BCUT2D eigenvalue weighted by Gasteiger charge is -2.28. The molecule has 0 aromatic heterocycles. The topological polar surface area (TPSA) is 272 Å². The molecule has 0 saturated heterocycles. The van der Waals surface area contributed by atoms with Crippen LogP contribution in [0.1, 0.15) is 65.9 Å². The second-order valence-corrected chi connectivity index (χ2v) is 12.1. The van der Waals surface area contributed by atoms with Crippen LogP contribution >= 0.6 is 0 Å². The van der Waals surface area contributed by atoms with Gasteiger partial charge in [-0.3, -0.25) is 24.0 Å². The van der Waals surface area contributed by atoms with E-state index in [0.29, 0.717) is 12.0 Å². The Morgan fingerprint density at radius 1 is 0.960 bits per heavy atom. The molecule has 0 fully saturated rings. The summed E-state index contributed by atoms with van der Waals surface area (Å²) in [5.74, 6) is -4.93. The van der Waals surface area contributed by atoms with Crippen LogP contribution in [-0.4, -0.2) is 90.7 Å². The number of rotatable bonds is 19. The van der Waals surface area contributed by atoms with E-state index >= 15 is 0 Å². The smallest absolute Gasteiger partial charge is 0.408 e. The van der Waals surface area contributed by atoms with E-state index in [-0.39, 0.29) is 26.0 Å². The lowest BCUT2D eigenvalue weighted by molar-refractivity contribution is -0.525. The quantitative estimate of drug-likeness (QED) is 0.0213. The summed E-state index contributed by atoms with van der Waals surface area (Å²) in [7, 11) is 1.15. The Bertz CT molecular complexity index is 1350. The number of esters is 2. The Labute approximate surface area is 289 Å². The maximum absolute atomic E-state index is 13.6. The predicted octanol–water partition coefficient (Wildman–Crippen LogP) is 0.194. The molecular weight excluding hydrogens is 660 g/mol. The van der Waals surface area contributed by atoms with Crippen molar-refractivity contribution in [3.05, 3.63) is 46.0 Å². The first-order chi connectivity index (χ1) is 23.4. The monoisotopic (exact) mass is 708 g/mol. The van der Waals surface area contributed by atoms with Gasteiger partial charge >= 0.3 is 18.0 Å². The van der Waals surface area contributed by atoms with Crippen LogP contribution in [0.3, 0.4) is 0 Å². The number of methoxy groups -OCH3 is 1. The van der Waals surface area contributed by atoms with Gasteiger partial charge in [0.15, 0.2) is 5.03 Å². The van der Waals surface area contributed by atoms with Gasteiger partial charge in [-0.1, -0.05) is 56.0 Å². The van der Waals surface area contributed by atoms with Crippen LogP contribution in [0.4, 0.5) is 4.79 Å². The van der Waals surface area contributed by atoms with Gasteiger partial charge in [0.1, 0.15) is 36.9 Å². The van der Waals surface area contributed by atoms with Crippen LogP contribution in [0.5, 0.6) is 0 Å². The Hall–Kier alpha value is -5.49. The first-order valence-electron chi connectivity index (χ1n) is 15.8. The van der Waals surface area contributed by atoms with E-state index in [1.807, 2.05) is 0 Å². The summed E-state index contributed by atoms with van der Waals surface area (Å²) >= 11 is 0. The minimum absolute atomic E-state index is 0.0598. The zero-order chi connectivity index (χ0) is 37.9. The summed E-state index contributed by atoms with van der Waals surface area (Å²) in [6, 6.07) is 4.68. The van der Waals surface area contributed by atoms with Crippen LogP contribution in [-0.2, 0) is 44.8 Å². The molecule has 1 aromatic carbocycles. The minimum atomic E-state index is -1.56. The summed E-state index contributed by atoms with van der Waals surface area (Å²) < 4.78 is 15.1. The Morgan fingerprint density at radius 2 is 1.60 bits per heavy atom. The molecule has 7 N–H and O–H groups in total. The number of alkyl carbamates (subject to hydrolysis) is 1. The number of hydrazine groups is 1. The molecule has 19 heteroatoms. The van der Waals surface area contributed by atoms with Crippen molar-refractivity contribution >= 4 is 41.7 Å². The molecule has 50 heavy (non-hydrogen) atoms. The van der Waals surface area contributed by atoms with Crippen LogP contribution in [0, 0.1) is 16.0 Å². The molecule has 0 aliphatic heterocycles. The van der Waals surface area contributed by atoms with Crippen molar-refractivity contribution in [2.75, 3.05) is 20.2 Å².